The van der Waals surface area contributed by atoms with E-state index in [1.165, 1.54) is 6.07 Å². The van der Waals surface area contributed by atoms with Gasteiger partial charge in [-0.1, -0.05) is 24.5 Å². The van der Waals surface area contributed by atoms with Crippen LogP contribution in [0.3, 0.4) is 0 Å². The minimum atomic E-state index is -0.275. The van der Waals surface area contributed by atoms with Gasteiger partial charge in [-0.15, -0.1) is 0 Å². The van der Waals surface area contributed by atoms with Crippen molar-refractivity contribution in [2.45, 2.75) is 71.6 Å². The number of pyridine rings is 1. The number of fused-ring (bicyclic) bond motifs is 1. The van der Waals surface area contributed by atoms with Gasteiger partial charge in [0, 0.05) is 63.0 Å². The van der Waals surface area contributed by atoms with Gasteiger partial charge < -0.3 is 20.7 Å². The molecule has 0 saturated carbocycles. The fraction of sp³-hybridized carbons (Fsp3) is 0.481. The Kier molecular flexibility index (Phi) is 9.33. The first-order valence-electron chi connectivity index (χ1n) is 13.4. The zero-order valence-corrected chi connectivity index (χ0v) is 22.4. The van der Waals surface area contributed by atoms with Gasteiger partial charge >= 0.3 is 0 Å². The van der Waals surface area contributed by atoms with E-state index in [-0.39, 0.29) is 36.5 Å². The van der Waals surface area contributed by atoms with Gasteiger partial charge in [0.05, 0.1) is 17.3 Å². The average molecular weight is 522 g/mol. The highest BCUT2D eigenvalue weighted by molar-refractivity contribution is 6.32. The van der Waals surface area contributed by atoms with Crippen molar-refractivity contribution in [3.63, 3.8) is 0 Å². The van der Waals surface area contributed by atoms with Gasteiger partial charge in [-0.25, -0.2) is 14.1 Å². The molecule has 0 unspecified atom stereocenters. The van der Waals surface area contributed by atoms with Crippen molar-refractivity contribution in [3.05, 3.63) is 47.0 Å². The van der Waals surface area contributed by atoms with Crippen molar-refractivity contribution in [2.75, 3.05) is 18.5 Å². The third kappa shape index (κ3) is 6.69. The van der Waals surface area contributed by atoms with Crippen LogP contribution in [0.4, 0.5) is 10.1 Å². The summed E-state index contributed by atoms with van der Waals surface area (Å²) in [6, 6.07) is 5.00. The zero-order chi connectivity index (χ0) is 27.1. The molecule has 1 saturated heterocycles. The number of nitrogens with zero attached hydrogens (tertiary/aromatic N) is 3. The van der Waals surface area contributed by atoms with Crippen molar-refractivity contribution in [1.82, 2.24) is 25.4 Å². The smallest absolute Gasteiger partial charge is 0.220 e. The second kappa shape index (κ2) is 12.9. The van der Waals surface area contributed by atoms with Crippen LogP contribution in [0.25, 0.3) is 11.0 Å². The lowest BCUT2D eigenvalue weighted by molar-refractivity contribution is -0.126. The number of aromatic nitrogens is 3. The predicted octanol–water partition coefficient (Wildman–Crippen LogP) is 1.71. The SMILES string of the molecule is Bc1cc(CNC(=O)CCC(=O)NCc2c(CC)nc3c(cnn3CC)c2NC2CCOCC2)ccc1F. The van der Waals surface area contributed by atoms with Crippen molar-refractivity contribution in [2.24, 2.45) is 0 Å². The molecule has 0 atom stereocenters. The van der Waals surface area contributed by atoms with Crippen LogP contribution in [0.5, 0.6) is 0 Å². The summed E-state index contributed by atoms with van der Waals surface area (Å²) in [5, 5.41) is 14.9. The molecule has 0 radical (unpaired) electrons. The van der Waals surface area contributed by atoms with Gasteiger partial charge in [0.15, 0.2) is 5.65 Å². The molecule has 0 spiro atoms. The van der Waals surface area contributed by atoms with E-state index in [1.807, 2.05) is 17.8 Å². The van der Waals surface area contributed by atoms with Gasteiger partial charge in [-0.3, -0.25) is 9.59 Å². The van der Waals surface area contributed by atoms with Crippen LogP contribution >= 0.6 is 0 Å². The van der Waals surface area contributed by atoms with Gasteiger partial charge in [-0.05, 0) is 37.8 Å². The van der Waals surface area contributed by atoms with Crippen molar-refractivity contribution < 1.29 is 18.7 Å². The highest BCUT2D eigenvalue weighted by Crippen LogP contribution is 2.31. The molecule has 2 amide bonds. The minimum Gasteiger partial charge on any atom is -0.381 e. The Morgan fingerprint density at radius 3 is 2.50 bits per heavy atom. The number of carbonyl (C=O) groups excluding carboxylic acids is 2. The van der Waals surface area contributed by atoms with Crippen molar-refractivity contribution >= 4 is 41.8 Å². The Bertz CT molecular complexity index is 1290. The number of ether oxygens (including phenoxy) is 1. The number of aryl methyl sites for hydroxylation is 2. The topological polar surface area (TPSA) is 110 Å². The Morgan fingerprint density at radius 2 is 1.84 bits per heavy atom. The van der Waals surface area contributed by atoms with Crippen molar-refractivity contribution in [3.8, 4) is 0 Å². The van der Waals surface area contributed by atoms with E-state index in [0.29, 0.717) is 25.0 Å². The summed E-state index contributed by atoms with van der Waals surface area (Å²) in [6.07, 6.45) is 4.51. The second-order valence-electron chi connectivity index (χ2n) is 9.63. The van der Waals surface area contributed by atoms with Gasteiger partial charge in [0.25, 0.3) is 0 Å². The van der Waals surface area contributed by atoms with Gasteiger partial charge in [0.2, 0.25) is 11.8 Å². The summed E-state index contributed by atoms with van der Waals surface area (Å²) in [6.45, 7) is 6.85. The highest BCUT2D eigenvalue weighted by atomic mass is 19.1. The summed E-state index contributed by atoms with van der Waals surface area (Å²) >= 11 is 0. The Hall–Kier alpha value is -3.47. The average Bonchev–Trinajstić information content (AvgIpc) is 3.35. The van der Waals surface area contributed by atoms with Crippen LogP contribution in [-0.4, -0.2) is 53.7 Å². The fourth-order valence-electron chi connectivity index (χ4n) is 4.71. The molecule has 0 aliphatic carbocycles. The molecule has 1 aromatic carbocycles. The number of rotatable bonds is 11. The van der Waals surface area contributed by atoms with E-state index < -0.39 is 0 Å². The van der Waals surface area contributed by atoms with Gasteiger partial charge in [0.1, 0.15) is 13.7 Å². The Labute approximate surface area is 223 Å². The van der Waals surface area contributed by atoms with Crippen LogP contribution in [-0.2, 0) is 40.4 Å². The second-order valence-corrected chi connectivity index (χ2v) is 9.63. The minimum absolute atomic E-state index is 0.0698. The number of hydrogen-bond donors (Lipinski definition) is 3. The van der Waals surface area contributed by atoms with Gasteiger partial charge in [-0.2, -0.15) is 5.10 Å². The largest absolute Gasteiger partial charge is 0.381 e. The molecular weight excluding hydrogens is 486 g/mol. The molecular formula is C27H36BFN6O3. The van der Waals surface area contributed by atoms with E-state index in [2.05, 4.69) is 28.0 Å². The monoisotopic (exact) mass is 522 g/mol. The quantitative estimate of drug-likeness (QED) is 0.331. The molecule has 4 rings (SSSR count). The first-order chi connectivity index (χ1) is 18.4. The number of carbonyl (C=O) groups is 2. The molecule has 3 N–H and O–H groups in total. The molecule has 1 aliphatic heterocycles. The molecule has 1 aliphatic rings. The van der Waals surface area contributed by atoms with E-state index >= 15 is 0 Å². The molecule has 2 aromatic heterocycles. The number of amides is 2. The molecule has 0 bridgehead atoms. The molecule has 11 heteroatoms. The highest BCUT2D eigenvalue weighted by Gasteiger charge is 2.22. The molecule has 38 heavy (non-hydrogen) atoms. The number of hydrogen-bond acceptors (Lipinski definition) is 6. The van der Waals surface area contributed by atoms with Crippen LogP contribution in [0.2, 0.25) is 0 Å². The van der Waals surface area contributed by atoms with Crippen molar-refractivity contribution in [1.29, 1.82) is 0 Å². The van der Waals surface area contributed by atoms with E-state index in [1.54, 1.807) is 20.0 Å². The molecule has 3 aromatic rings. The molecule has 9 nitrogen and oxygen atoms in total. The lowest BCUT2D eigenvalue weighted by atomic mass is 9.93. The standard InChI is InChI=1S/C27H36BFN6O3/c1-3-23-19(15-31-25(37)8-7-24(36)30-14-17-5-6-22(29)21(28)13-17)26(33-18-9-11-38-12-10-18)20-16-32-35(4-2)27(20)34-23/h5-6,13,16,18H,3-4,7-12,14-15,28H2,1-2H3,(H,30,36)(H,31,37)(H,33,34). The molecule has 202 valence electrons. The number of halogens is 1. The van der Waals surface area contributed by atoms with E-state index in [0.717, 1.165) is 66.1 Å². The third-order valence-electron chi connectivity index (χ3n) is 6.93. The first-order valence-corrected chi connectivity index (χ1v) is 13.4. The van der Waals surface area contributed by atoms with Crippen LogP contribution in [0, 0.1) is 5.82 Å². The first kappa shape index (κ1) is 27.6. The van der Waals surface area contributed by atoms with Crippen LogP contribution in [0.1, 0.15) is 56.4 Å². The number of nitrogens with one attached hydrogen (secondary N) is 3. The maximum atomic E-state index is 13.4. The summed E-state index contributed by atoms with van der Waals surface area (Å²) in [7, 11) is 1.68. The maximum Gasteiger partial charge on any atom is 0.220 e. The number of anilines is 1. The number of benzene rings is 1. The zero-order valence-electron chi connectivity index (χ0n) is 22.4. The Morgan fingerprint density at radius 1 is 1.13 bits per heavy atom. The maximum absolute atomic E-state index is 13.4. The summed E-state index contributed by atoms with van der Waals surface area (Å²) < 4.78 is 20.9. The van der Waals surface area contributed by atoms with E-state index in [4.69, 9.17) is 9.72 Å². The Balaban J connectivity index is 1.40. The van der Waals surface area contributed by atoms with E-state index in [9.17, 15) is 14.0 Å². The van der Waals surface area contributed by atoms with Crippen LogP contribution < -0.4 is 21.4 Å². The lowest BCUT2D eigenvalue weighted by Crippen LogP contribution is -2.30. The molecule has 1 fully saturated rings. The normalized spacial score (nSPS) is 14.0. The summed E-state index contributed by atoms with van der Waals surface area (Å²) in [5.74, 6) is -0.711. The third-order valence-corrected chi connectivity index (χ3v) is 6.93. The predicted molar refractivity (Wildman–Crippen MR) is 148 cm³/mol. The molecule has 3 heterocycles. The lowest BCUT2D eigenvalue weighted by Gasteiger charge is -2.26. The fourth-order valence-corrected chi connectivity index (χ4v) is 4.71. The summed E-state index contributed by atoms with van der Waals surface area (Å²) in [4.78, 5) is 29.9. The summed E-state index contributed by atoms with van der Waals surface area (Å²) in [5.41, 5.74) is 5.00. The van der Waals surface area contributed by atoms with Crippen LogP contribution in [0.15, 0.2) is 24.4 Å².